The normalized spacial score (nSPS) is 21.0. The quantitative estimate of drug-likeness (QED) is 0.759. The Labute approximate surface area is 157 Å². The summed E-state index contributed by atoms with van der Waals surface area (Å²) in [7, 11) is -3.29. The van der Waals surface area contributed by atoms with Gasteiger partial charge in [-0.25, -0.2) is 13.1 Å². The largest absolute Gasteiger partial charge is 0.479 e. The summed E-state index contributed by atoms with van der Waals surface area (Å²) in [6.45, 7) is 6.05. The topological polar surface area (TPSA) is 91.2 Å². The zero-order valence-electron chi connectivity index (χ0n) is 15.8. The molecule has 144 valence electrons. The molecule has 0 bridgehead atoms. The highest BCUT2D eigenvalue weighted by Crippen LogP contribution is 2.27. The molecule has 0 amide bonds. The van der Waals surface area contributed by atoms with Gasteiger partial charge in [0.05, 0.1) is 4.75 Å². The van der Waals surface area contributed by atoms with Gasteiger partial charge in [-0.2, -0.15) is 5.26 Å². The van der Waals surface area contributed by atoms with Crippen molar-refractivity contribution in [2.75, 3.05) is 18.5 Å². The van der Waals surface area contributed by atoms with Crippen LogP contribution in [-0.2, 0) is 10.0 Å². The standard InChI is InChI=1S/C19H29N3O3S/c1-19(2,3)26(23,24)22-16-9-7-15(8-10-16)14-21-17-5-4-6-18(13-17)25-12-11-20/h4-6,13,15-16,21-22H,7-10,12,14H2,1-3H3. The maximum absolute atomic E-state index is 12.3. The predicted octanol–water partition coefficient (Wildman–Crippen LogP) is 3.28. The molecule has 1 aliphatic carbocycles. The average Bonchev–Trinajstić information content (AvgIpc) is 2.58. The second kappa shape index (κ2) is 8.74. The summed E-state index contributed by atoms with van der Waals surface area (Å²) in [6, 6.07) is 9.59. The SMILES string of the molecule is CC(C)(C)S(=O)(=O)NC1CCC(CNc2cccc(OCC#N)c2)CC1. The molecule has 1 aromatic rings. The van der Waals surface area contributed by atoms with Crippen LogP contribution in [0.5, 0.6) is 5.75 Å². The average molecular weight is 380 g/mol. The van der Waals surface area contributed by atoms with Gasteiger partial charge in [0, 0.05) is 24.3 Å². The second-order valence-electron chi connectivity index (χ2n) is 7.81. The van der Waals surface area contributed by atoms with E-state index in [0.717, 1.165) is 37.9 Å². The Morgan fingerprint density at radius 2 is 1.92 bits per heavy atom. The summed E-state index contributed by atoms with van der Waals surface area (Å²) in [5.74, 6) is 1.20. The summed E-state index contributed by atoms with van der Waals surface area (Å²) in [6.07, 6.45) is 3.73. The summed E-state index contributed by atoms with van der Waals surface area (Å²) in [5.41, 5.74) is 0.969. The highest BCUT2D eigenvalue weighted by atomic mass is 32.2. The highest BCUT2D eigenvalue weighted by Gasteiger charge is 2.32. The van der Waals surface area contributed by atoms with Crippen LogP contribution in [0.15, 0.2) is 24.3 Å². The molecular formula is C19H29N3O3S. The summed E-state index contributed by atoms with van der Waals surface area (Å²) < 4.78 is 31.9. The minimum absolute atomic E-state index is 0.0396. The maximum Gasteiger partial charge on any atom is 0.216 e. The molecule has 0 aliphatic heterocycles. The van der Waals surface area contributed by atoms with Crippen LogP contribution in [-0.4, -0.2) is 32.4 Å². The third kappa shape index (κ3) is 5.89. The minimum Gasteiger partial charge on any atom is -0.479 e. The number of hydrogen-bond acceptors (Lipinski definition) is 5. The number of anilines is 1. The molecule has 0 aromatic heterocycles. The first-order chi connectivity index (χ1) is 12.2. The van der Waals surface area contributed by atoms with E-state index in [-0.39, 0.29) is 12.6 Å². The van der Waals surface area contributed by atoms with Gasteiger partial charge in [-0.15, -0.1) is 0 Å². The van der Waals surface area contributed by atoms with E-state index in [4.69, 9.17) is 10.00 Å². The van der Waals surface area contributed by atoms with Crippen LogP contribution >= 0.6 is 0 Å². The van der Waals surface area contributed by atoms with Crippen LogP contribution < -0.4 is 14.8 Å². The van der Waals surface area contributed by atoms with E-state index in [9.17, 15) is 8.42 Å². The van der Waals surface area contributed by atoms with Crippen molar-refractivity contribution in [1.82, 2.24) is 4.72 Å². The van der Waals surface area contributed by atoms with Crippen LogP contribution in [0.4, 0.5) is 5.69 Å². The molecule has 2 rings (SSSR count). The Hall–Kier alpha value is -1.78. The Morgan fingerprint density at radius 3 is 2.54 bits per heavy atom. The molecule has 0 unspecified atom stereocenters. The summed E-state index contributed by atoms with van der Waals surface area (Å²) in [4.78, 5) is 0. The van der Waals surface area contributed by atoms with Gasteiger partial charge < -0.3 is 10.1 Å². The number of nitriles is 1. The Kier molecular flexibility index (Phi) is 6.90. The lowest BCUT2D eigenvalue weighted by molar-refractivity contribution is 0.322. The number of hydrogen-bond donors (Lipinski definition) is 2. The van der Waals surface area contributed by atoms with Crippen molar-refractivity contribution in [3.63, 3.8) is 0 Å². The summed E-state index contributed by atoms with van der Waals surface area (Å²) >= 11 is 0. The van der Waals surface area contributed by atoms with Gasteiger partial charge in [0.1, 0.15) is 11.8 Å². The first-order valence-corrected chi connectivity index (χ1v) is 10.5. The first kappa shape index (κ1) is 20.5. The molecule has 0 heterocycles. The molecule has 0 atom stereocenters. The van der Waals surface area contributed by atoms with Crippen molar-refractivity contribution < 1.29 is 13.2 Å². The molecule has 1 saturated carbocycles. The highest BCUT2D eigenvalue weighted by molar-refractivity contribution is 7.90. The van der Waals surface area contributed by atoms with E-state index >= 15 is 0 Å². The van der Waals surface area contributed by atoms with Crippen LogP contribution in [0.1, 0.15) is 46.5 Å². The van der Waals surface area contributed by atoms with E-state index < -0.39 is 14.8 Å². The van der Waals surface area contributed by atoms with E-state index in [2.05, 4.69) is 10.0 Å². The fraction of sp³-hybridized carbons (Fsp3) is 0.632. The lowest BCUT2D eigenvalue weighted by Gasteiger charge is -2.31. The zero-order valence-corrected chi connectivity index (χ0v) is 16.6. The molecular weight excluding hydrogens is 350 g/mol. The van der Waals surface area contributed by atoms with E-state index in [1.807, 2.05) is 30.3 Å². The lowest BCUT2D eigenvalue weighted by atomic mass is 9.86. The smallest absolute Gasteiger partial charge is 0.216 e. The van der Waals surface area contributed by atoms with E-state index in [0.29, 0.717) is 11.7 Å². The van der Waals surface area contributed by atoms with Crippen molar-refractivity contribution >= 4 is 15.7 Å². The summed E-state index contributed by atoms with van der Waals surface area (Å²) in [5, 5.41) is 12.0. The maximum atomic E-state index is 12.3. The van der Waals surface area contributed by atoms with Crippen LogP contribution in [0.3, 0.4) is 0 Å². The predicted molar refractivity (Wildman–Crippen MR) is 104 cm³/mol. The van der Waals surface area contributed by atoms with Crippen molar-refractivity contribution in [2.24, 2.45) is 5.92 Å². The molecule has 1 aliphatic rings. The van der Waals surface area contributed by atoms with E-state index in [1.54, 1.807) is 20.8 Å². The Bertz CT molecular complexity index is 727. The molecule has 2 N–H and O–H groups in total. The first-order valence-electron chi connectivity index (χ1n) is 9.07. The molecule has 1 fully saturated rings. The number of sulfonamides is 1. The van der Waals surface area contributed by atoms with Gasteiger partial charge in [0.2, 0.25) is 10.0 Å². The monoisotopic (exact) mass is 379 g/mol. The van der Waals surface area contributed by atoms with E-state index in [1.165, 1.54) is 0 Å². The van der Waals surface area contributed by atoms with Crippen LogP contribution in [0.25, 0.3) is 0 Å². The van der Waals surface area contributed by atoms with Gasteiger partial charge in [-0.1, -0.05) is 6.07 Å². The minimum atomic E-state index is -3.29. The molecule has 0 radical (unpaired) electrons. The van der Waals surface area contributed by atoms with Crippen LogP contribution in [0, 0.1) is 17.2 Å². The molecule has 0 spiro atoms. The van der Waals surface area contributed by atoms with Crippen molar-refractivity contribution in [1.29, 1.82) is 5.26 Å². The number of nitrogens with one attached hydrogen (secondary N) is 2. The number of benzene rings is 1. The third-order valence-electron chi connectivity index (χ3n) is 4.71. The van der Waals surface area contributed by atoms with Crippen LogP contribution in [0.2, 0.25) is 0 Å². The number of rotatable bonds is 7. The molecule has 26 heavy (non-hydrogen) atoms. The molecule has 1 aromatic carbocycles. The molecule has 0 saturated heterocycles. The lowest BCUT2D eigenvalue weighted by Crippen LogP contribution is -2.46. The van der Waals surface area contributed by atoms with Crippen molar-refractivity contribution in [2.45, 2.75) is 57.2 Å². The Morgan fingerprint density at radius 1 is 1.23 bits per heavy atom. The zero-order chi connectivity index (χ0) is 19.2. The second-order valence-corrected chi connectivity index (χ2v) is 10.3. The molecule has 7 heteroatoms. The molecule has 6 nitrogen and oxygen atoms in total. The number of ether oxygens (including phenoxy) is 1. The Balaban J connectivity index is 1.78. The van der Waals surface area contributed by atoms with Gasteiger partial charge in [0.15, 0.2) is 6.61 Å². The van der Waals surface area contributed by atoms with Gasteiger partial charge >= 0.3 is 0 Å². The van der Waals surface area contributed by atoms with Gasteiger partial charge in [-0.05, 0) is 64.5 Å². The third-order valence-corrected chi connectivity index (χ3v) is 6.96. The van der Waals surface area contributed by atoms with Crippen molar-refractivity contribution in [3.8, 4) is 11.8 Å². The van der Waals surface area contributed by atoms with Gasteiger partial charge in [0.25, 0.3) is 0 Å². The van der Waals surface area contributed by atoms with Gasteiger partial charge in [-0.3, -0.25) is 0 Å². The number of nitrogens with zero attached hydrogens (tertiary/aromatic N) is 1. The fourth-order valence-corrected chi connectivity index (χ4v) is 3.98. The fourth-order valence-electron chi connectivity index (χ4n) is 2.95. The van der Waals surface area contributed by atoms with Crippen molar-refractivity contribution in [3.05, 3.63) is 24.3 Å².